The smallest absolute Gasteiger partial charge is 0.358 e. The van der Waals surface area contributed by atoms with Crippen molar-refractivity contribution < 1.29 is 18.7 Å². The lowest BCUT2D eigenvalue weighted by Gasteiger charge is -2.13. The molecule has 7 nitrogen and oxygen atoms in total. The number of carbonyl (C=O) groups excluding carboxylic acids is 2. The summed E-state index contributed by atoms with van der Waals surface area (Å²) in [7, 11) is 0. The second-order valence-corrected chi connectivity index (χ2v) is 7.05. The summed E-state index contributed by atoms with van der Waals surface area (Å²) in [5.41, 5.74) is 0.0280. The van der Waals surface area contributed by atoms with Crippen LogP contribution >= 0.6 is 27.3 Å². The number of esters is 1. The molecule has 0 aliphatic carbocycles. The number of nitrogens with one attached hydrogen (secondary N) is 1. The van der Waals surface area contributed by atoms with Gasteiger partial charge in [0, 0.05) is 22.2 Å². The normalized spacial score (nSPS) is 11.7. The second-order valence-electron chi connectivity index (χ2n) is 5.27. The molecule has 0 saturated carbocycles. The first-order valence-corrected chi connectivity index (χ1v) is 9.31. The van der Waals surface area contributed by atoms with Gasteiger partial charge in [-0.2, -0.15) is 0 Å². The predicted molar refractivity (Wildman–Crippen MR) is 101 cm³/mol. The molecule has 2 heterocycles. The zero-order valence-corrected chi connectivity index (χ0v) is 16.3. The Hall–Kier alpha value is -2.72. The average molecular weight is 451 g/mol. The molecule has 0 radical (unpaired) electrons. The number of carbonyl (C=O) groups is 2. The minimum atomic E-state index is -1.14. The molecule has 1 atom stereocenters. The first-order chi connectivity index (χ1) is 12.9. The van der Waals surface area contributed by atoms with Crippen molar-refractivity contribution in [2.45, 2.75) is 13.0 Å². The summed E-state index contributed by atoms with van der Waals surface area (Å²) in [6.07, 6.45) is 1.99. The van der Waals surface area contributed by atoms with Gasteiger partial charge >= 0.3 is 5.97 Å². The molecule has 27 heavy (non-hydrogen) atoms. The minimum absolute atomic E-state index is 0.0109. The molecule has 1 aromatic carbocycles. The van der Waals surface area contributed by atoms with Crippen LogP contribution in [-0.4, -0.2) is 32.9 Å². The Morgan fingerprint density at radius 3 is 2.74 bits per heavy atom. The van der Waals surface area contributed by atoms with Crippen molar-refractivity contribution in [2.24, 2.45) is 0 Å². The number of aromatic nitrogens is 3. The Labute approximate surface area is 165 Å². The summed E-state index contributed by atoms with van der Waals surface area (Å²) < 4.78 is 19.4. The van der Waals surface area contributed by atoms with E-state index in [9.17, 15) is 14.0 Å². The van der Waals surface area contributed by atoms with Crippen LogP contribution in [0.2, 0.25) is 0 Å². The van der Waals surface area contributed by atoms with Crippen LogP contribution in [0.1, 0.15) is 17.4 Å². The number of thiazole rings is 1. The molecule has 1 N–H and O–H groups in total. The number of benzene rings is 1. The van der Waals surface area contributed by atoms with Crippen LogP contribution in [0.5, 0.6) is 0 Å². The monoisotopic (exact) mass is 450 g/mol. The molecule has 0 aliphatic rings. The van der Waals surface area contributed by atoms with E-state index in [1.165, 1.54) is 35.8 Å². The molecule has 0 spiro atoms. The van der Waals surface area contributed by atoms with Crippen LogP contribution < -0.4 is 5.32 Å². The van der Waals surface area contributed by atoms with Gasteiger partial charge in [-0.15, -0.1) is 11.3 Å². The van der Waals surface area contributed by atoms with Gasteiger partial charge in [0.05, 0.1) is 5.69 Å². The summed E-state index contributed by atoms with van der Waals surface area (Å²) >= 11 is 4.31. The number of amides is 1. The predicted octanol–water partition coefficient (Wildman–Crippen LogP) is 3.69. The summed E-state index contributed by atoms with van der Waals surface area (Å²) in [6.45, 7) is 1.39. The van der Waals surface area contributed by atoms with E-state index in [2.05, 4.69) is 36.2 Å². The Kier molecular flexibility index (Phi) is 5.87. The minimum Gasteiger partial charge on any atom is -0.448 e. The van der Waals surface area contributed by atoms with Gasteiger partial charge in [0.2, 0.25) is 0 Å². The molecule has 2 aromatic heterocycles. The van der Waals surface area contributed by atoms with E-state index in [-0.39, 0.29) is 11.4 Å². The van der Waals surface area contributed by atoms with Gasteiger partial charge in [0.1, 0.15) is 5.82 Å². The SMILES string of the molecule is CC(OC(=O)c1csc(-c2ncccn2)n1)C(=O)Nc1ccc(Br)cc1F. The number of halogens is 2. The van der Waals surface area contributed by atoms with E-state index in [4.69, 9.17) is 4.74 Å². The largest absolute Gasteiger partial charge is 0.448 e. The highest BCUT2D eigenvalue weighted by molar-refractivity contribution is 9.10. The highest BCUT2D eigenvalue weighted by Gasteiger charge is 2.22. The number of nitrogens with zero attached hydrogens (tertiary/aromatic N) is 3. The van der Waals surface area contributed by atoms with Crippen LogP contribution in [0.4, 0.5) is 10.1 Å². The molecule has 138 valence electrons. The van der Waals surface area contributed by atoms with E-state index >= 15 is 0 Å². The molecular weight excluding hydrogens is 439 g/mol. The van der Waals surface area contributed by atoms with Gasteiger partial charge in [-0.05, 0) is 31.2 Å². The maximum atomic E-state index is 13.8. The van der Waals surface area contributed by atoms with Gasteiger partial charge in [-0.25, -0.2) is 24.1 Å². The summed E-state index contributed by atoms with van der Waals surface area (Å²) in [6, 6.07) is 5.87. The fourth-order valence-electron chi connectivity index (χ4n) is 1.98. The fraction of sp³-hybridized carbons (Fsp3) is 0.118. The molecule has 10 heteroatoms. The zero-order chi connectivity index (χ0) is 19.4. The maximum absolute atomic E-state index is 13.8. The second kappa shape index (κ2) is 8.31. The molecule has 1 unspecified atom stereocenters. The summed E-state index contributed by atoms with van der Waals surface area (Å²) in [4.78, 5) is 36.6. The van der Waals surface area contributed by atoms with Gasteiger partial charge in [-0.3, -0.25) is 4.79 Å². The molecular formula is C17H12BrFN4O3S. The third-order valence-corrected chi connectivity index (χ3v) is 4.64. The van der Waals surface area contributed by atoms with Crippen LogP contribution in [0.25, 0.3) is 10.8 Å². The number of hydrogen-bond donors (Lipinski definition) is 1. The summed E-state index contributed by atoms with van der Waals surface area (Å²) in [5, 5.41) is 4.32. The third-order valence-electron chi connectivity index (χ3n) is 3.31. The fourth-order valence-corrected chi connectivity index (χ4v) is 3.05. The average Bonchev–Trinajstić information content (AvgIpc) is 3.15. The van der Waals surface area contributed by atoms with Gasteiger partial charge in [-0.1, -0.05) is 15.9 Å². The lowest BCUT2D eigenvalue weighted by atomic mass is 10.3. The van der Waals surface area contributed by atoms with Gasteiger partial charge in [0.25, 0.3) is 5.91 Å². The molecule has 0 fully saturated rings. The van der Waals surface area contributed by atoms with Crippen molar-refractivity contribution in [1.29, 1.82) is 0 Å². The van der Waals surface area contributed by atoms with Crippen molar-refractivity contribution >= 4 is 44.8 Å². The van der Waals surface area contributed by atoms with Crippen LogP contribution in [0.3, 0.4) is 0 Å². The summed E-state index contributed by atoms with van der Waals surface area (Å²) in [5.74, 6) is -1.65. The van der Waals surface area contributed by atoms with Crippen molar-refractivity contribution in [3.05, 3.63) is 58.0 Å². The lowest BCUT2D eigenvalue weighted by molar-refractivity contribution is -0.123. The van der Waals surface area contributed by atoms with Crippen LogP contribution in [-0.2, 0) is 9.53 Å². The van der Waals surface area contributed by atoms with Crippen molar-refractivity contribution in [2.75, 3.05) is 5.32 Å². The van der Waals surface area contributed by atoms with E-state index in [0.717, 1.165) is 0 Å². The molecule has 1 amide bonds. The number of ether oxygens (including phenoxy) is 1. The Bertz CT molecular complexity index is 983. The van der Waals surface area contributed by atoms with Gasteiger partial charge < -0.3 is 10.1 Å². The quantitative estimate of drug-likeness (QED) is 0.595. The zero-order valence-electron chi connectivity index (χ0n) is 13.8. The Balaban J connectivity index is 1.63. The van der Waals surface area contributed by atoms with Crippen LogP contribution in [0.15, 0.2) is 46.5 Å². The maximum Gasteiger partial charge on any atom is 0.358 e. The molecule has 0 aliphatic heterocycles. The Morgan fingerprint density at radius 2 is 2.04 bits per heavy atom. The van der Waals surface area contributed by atoms with Gasteiger partial charge in [0.15, 0.2) is 22.6 Å². The molecule has 0 saturated heterocycles. The number of hydrogen-bond acceptors (Lipinski definition) is 7. The third kappa shape index (κ3) is 4.72. The molecule has 3 rings (SSSR count). The van der Waals surface area contributed by atoms with Crippen molar-refractivity contribution in [3.8, 4) is 10.8 Å². The highest BCUT2D eigenvalue weighted by atomic mass is 79.9. The first kappa shape index (κ1) is 19.1. The highest BCUT2D eigenvalue weighted by Crippen LogP contribution is 2.21. The topological polar surface area (TPSA) is 94.1 Å². The van der Waals surface area contributed by atoms with Crippen molar-refractivity contribution in [3.63, 3.8) is 0 Å². The number of anilines is 1. The van der Waals surface area contributed by atoms with Crippen LogP contribution in [0, 0.1) is 5.82 Å². The standard InChI is InChI=1S/C17H12BrFN4O3S/c1-9(15(24)22-12-4-3-10(18)7-11(12)19)26-17(25)13-8-27-16(23-13)14-20-5-2-6-21-14/h2-9H,1H3,(H,22,24). The van der Waals surface area contributed by atoms with E-state index in [1.807, 2.05) is 0 Å². The van der Waals surface area contributed by atoms with E-state index in [1.54, 1.807) is 24.5 Å². The first-order valence-electron chi connectivity index (χ1n) is 7.64. The molecule has 0 bridgehead atoms. The number of rotatable bonds is 5. The van der Waals surface area contributed by atoms with Crippen molar-refractivity contribution in [1.82, 2.24) is 15.0 Å². The lowest BCUT2D eigenvalue weighted by Crippen LogP contribution is -2.30. The van der Waals surface area contributed by atoms with E-state index in [0.29, 0.717) is 15.3 Å². The van der Waals surface area contributed by atoms with E-state index < -0.39 is 23.8 Å². The Morgan fingerprint density at radius 1 is 1.30 bits per heavy atom. The molecule has 3 aromatic rings.